The second kappa shape index (κ2) is 8.91. The van der Waals surface area contributed by atoms with E-state index in [1.165, 1.54) is 26.3 Å². The molecule has 0 atom stereocenters. The van der Waals surface area contributed by atoms with Gasteiger partial charge in [-0.2, -0.15) is 0 Å². The lowest BCUT2D eigenvalue weighted by atomic mass is 10.1. The third kappa shape index (κ3) is 4.26. The highest BCUT2D eigenvalue weighted by Gasteiger charge is 2.26. The number of anilines is 2. The summed E-state index contributed by atoms with van der Waals surface area (Å²) in [6.45, 7) is 1.55. The van der Waals surface area contributed by atoms with Crippen LogP contribution in [0.4, 0.5) is 24.5 Å². The van der Waals surface area contributed by atoms with E-state index in [2.05, 4.69) is 5.32 Å². The van der Waals surface area contributed by atoms with Gasteiger partial charge in [-0.3, -0.25) is 9.10 Å². The fourth-order valence-corrected chi connectivity index (χ4v) is 4.23. The normalized spacial score (nSPS) is 11.2. The van der Waals surface area contributed by atoms with E-state index in [1.807, 2.05) is 0 Å². The van der Waals surface area contributed by atoms with E-state index in [4.69, 9.17) is 4.74 Å². The number of ether oxygens (including phenoxy) is 1. The Kier molecular flexibility index (Phi) is 6.45. The van der Waals surface area contributed by atoms with Crippen molar-refractivity contribution in [1.82, 2.24) is 0 Å². The van der Waals surface area contributed by atoms with Crippen molar-refractivity contribution in [2.75, 3.05) is 23.8 Å². The number of amides is 1. The molecule has 0 radical (unpaired) electrons. The van der Waals surface area contributed by atoms with Crippen LogP contribution >= 0.6 is 0 Å². The molecule has 0 saturated heterocycles. The summed E-state index contributed by atoms with van der Waals surface area (Å²) in [6.07, 6.45) is 0. The maximum Gasteiger partial charge on any atom is 0.264 e. The fraction of sp³-hybridized carbons (Fsp3) is 0.136. The molecule has 0 aliphatic carbocycles. The Morgan fingerprint density at radius 3 is 2.38 bits per heavy atom. The molecule has 168 valence electrons. The number of nitrogens with one attached hydrogen (secondary N) is 1. The predicted octanol–water partition coefficient (Wildman–Crippen LogP) is 4.50. The first kappa shape index (κ1) is 23.1. The summed E-state index contributed by atoms with van der Waals surface area (Å²) in [5.41, 5.74) is 0.0196. The fourth-order valence-electron chi connectivity index (χ4n) is 3.00. The summed E-state index contributed by atoms with van der Waals surface area (Å²) >= 11 is 0. The molecule has 1 N–H and O–H groups in total. The number of benzene rings is 3. The van der Waals surface area contributed by atoms with Gasteiger partial charge in [0.2, 0.25) is 0 Å². The van der Waals surface area contributed by atoms with Crippen LogP contribution in [0.5, 0.6) is 5.75 Å². The van der Waals surface area contributed by atoms with E-state index in [-0.39, 0.29) is 16.1 Å². The van der Waals surface area contributed by atoms with Gasteiger partial charge in [0.1, 0.15) is 5.75 Å². The molecule has 3 aromatic carbocycles. The topological polar surface area (TPSA) is 75.7 Å². The van der Waals surface area contributed by atoms with E-state index in [0.29, 0.717) is 17.4 Å². The molecule has 1 amide bonds. The van der Waals surface area contributed by atoms with Crippen molar-refractivity contribution in [3.05, 3.63) is 83.2 Å². The lowest BCUT2D eigenvalue weighted by Crippen LogP contribution is -2.27. The summed E-state index contributed by atoms with van der Waals surface area (Å²) in [7, 11) is -1.36. The van der Waals surface area contributed by atoms with Crippen molar-refractivity contribution >= 4 is 27.3 Å². The zero-order chi connectivity index (χ0) is 23.6. The monoisotopic (exact) mass is 464 g/mol. The van der Waals surface area contributed by atoms with Gasteiger partial charge in [0.05, 0.1) is 23.4 Å². The molecule has 0 aliphatic rings. The van der Waals surface area contributed by atoms with Gasteiger partial charge >= 0.3 is 0 Å². The molecule has 0 saturated carbocycles. The molecule has 0 spiro atoms. The highest BCUT2D eigenvalue weighted by atomic mass is 32.2. The first-order chi connectivity index (χ1) is 15.1. The van der Waals surface area contributed by atoms with Gasteiger partial charge in [-0.1, -0.05) is 18.2 Å². The summed E-state index contributed by atoms with van der Waals surface area (Å²) in [5.74, 6) is -5.24. The number of carbonyl (C=O) groups is 1. The van der Waals surface area contributed by atoms with Crippen molar-refractivity contribution in [1.29, 1.82) is 0 Å². The number of rotatable bonds is 6. The zero-order valence-electron chi connectivity index (χ0n) is 17.3. The third-order valence-corrected chi connectivity index (χ3v) is 6.59. The molecule has 0 aliphatic heterocycles. The van der Waals surface area contributed by atoms with Crippen LogP contribution in [0.25, 0.3) is 0 Å². The molecule has 0 heterocycles. The average Bonchev–Trinajstić information content (AvgIpc) is 2.78. The minimum atomic E-state index is -4.10. The third-order valence-electron chi connectivity index (χ3n) is 4.82. The van der Waals surface area contributed by atoms with Crippen LogP contribution < -0.4 is 14.4 Å². The van der Waals surface area contributed by atoms with Crippen LogP contribution in [0.2, 0.25) is 0 Å². The van der Waals surface area contributed by atoms with Gasteiger partial charge in [0.15, 0.2) is 17.5 Å². The average molecular weight is 464 g/mol. The second-order valence-corrected chi connectivity index (χ2v) is 8.77. The Labute approximate surface area is 183 Å². The van der Waals surface area contributed by atoms with E-state index in [9.17, 15) is 26.4 Å². The van der Waals surface area contributed by atoms with Crippen LogP contribution in [0.1, 0.15) is 15.9 Å². The SMILES string of the molecule is COc1ccccc1N(C)S(=O)(=O)c1ccc(C)c(C(=O)Nc2ccc(F)c(F)c2F)c1. The Balaban J connectivity index is 1.98. The smallest absolute Gasteiger partial charge is 0.264 e. The number of aryl methyl sites for hydroxylation is 1. The van der Waals surface area contributed by atoms with Gasteiger partial charge < -0.3 is 10.1 Å². The lowest BCUT2D eigenvalue weighted by molar-refractivity contribution is 0.102. The molecule has 6 nitrogen and oxygen atoms in total. The van der Waals surface area contributed by atoms with E-state index >= 15 is 0 Å². The largest absolute Gasteiger partial charge is 0.495 e. The van der Waals surface area contributed by atoms with Crippen LogP contribution in [0.3, 0.4) is 0 Å². The van der Waals surface area contributed by atoms with E-state index in [0.717, 1.165) is 16.4 Å². The van der Waals surface area contributed by atoms with E-state index in [1.54, 1.807) is 31.2 Å². The molecule has 0 unspecified atom stereocenters. The van der Waals surface area contributed by atoms with Crippen molar-refractivity contribution in [3.63, 3.8) is 0 Å². The molecule has 0 fully saturated rings. The number of halogens is 3. The molecule has 0 aromatic heterocycles. The number of hydrogen-bond acceptors (Lipinski definition) is 4. The van der Waals surface area contributed by atoms with Crippen LogP contribution in [-0.2, 0) is 10.0 Å². The Morgan fingerprint density at radius 2 is 1.69 bits per heavy atom. The van der Waals surface area contributed by atoms with Gasteiger partial charge in [0, 0.05) is 12.6 Å². The molecule has 32 heavy (non-hydrogen) atoms. The second-order valence-electron chi connectivity index (χ2n) is 6.80. The predicted molar refractivity (Wildman–Crippen MR) is 114 cm³/mol. The van der Waals surface area contributed by atoms with Gasteiger partial charge in [-0.15, -0.1) is 0 Å². The highest BCUT2D eigenvalue weighted by molar-refractivity contribution is 7.92. The number of sulfonamides is 1. The first-order valence-corrected chi connectivity index (χ1v) is 10.7. The summed E-state index contributed by atoms with van der Waals surface area (Å²) in [6, 6.07) is 11.9. The standard InChI is InChI=1S/C22H19F3N2O4S/c1-13-8-9-14(32(29,30)27(2)18-6-4-5-7-19(18)31-3)12-15(13)22(28)26-17-11-10-16(23)20(24)21(17)25/h4-12H,1-3H3,(H,26,28). The minimum absolute atomic E-state index is 0.0800. The van der Waals surface area contributed by atoms with Crippen LogP contribution in [0, 0.1) is 24.4 Å². The van der Waals surface area contributed by atoms with Crippen molar-refractivity contribution in [3.8, 4) is 5.75 Å². The lowest BCUT2D eigenvalue weighted by Gasteiger charge is -2.22. The van der Waals surface area contributed by atoms with Gasteiger partial charge in [0.25, 0.3) is 15.9 Å². The first-order valence-electron chi connectivity index (χ1n) is 9.25. The summed E-state index contributed by atoms with van der Waals surface area (Å²) in [4.78, 5) is 12.5. The number of para-hydroxylation sites is 2. The van der Waals surface area contributed by atoms with E-state index < -0.39 is 39.1 Å². The number of methoxy groups -OCH3 is 1. The van der Waals surface area contributed by atoms with Crippen molar-refractivity contribution in [2.45, 2.75) is 11.8 Å². The van der Waals surface area contributed by atoms with Crippen molar-refractivity contribution in [2.24, 2.45) is 0 Å². The Morgan fingerprint density at radius 1 is 1.00 bits per heavy atom. The number of hydrogen-bond donors (Lipinski definition) is 1. The zero-order valence-corrected chi connectivity index (χ0v) is 18.1. The van der Waals surface area contributed by atoms with Gasteiger partial charge in [-0.05, 0) is 48.9 Å². The highest BCUT2D eigenvalue weighted by Crippen LogP contribution is 2.31. The quantitative estimate of drug-likeness (QED) is 0.545. The summed E-state index contributed by atoms with van der Waals surface area (Å²) < 4.78 is 73.1. The van der Waals surface area contributed by atoms with Crippen LogP contribution in [-0.4, -0.2) is 28.5 Å². The molecular weight excluding hydrogens is 445 g/mol. The molecule has 10 heteroatoms. The molecule has 0 bridgehead atoms. The maximum absolute atomic E-state index is 13.9. The van der Waals surface area contributed by atoms with Crippen molar-refractivity contribution < 1.29 is 31.1 Å². The number of carbonyl (C=O) groups excluding carboxylic acids is 1. The Bertz CT molecular complexity index is 1300. The van der Waals surface area contributed by atoms with Gasteiger partial charge in [-0.25, -0.2) is 21.6 Å². The molecule has 3 rings (SSSR count). The Hall–Kier alpha value is -3.53. The number of nitrogens with zero attached hydrogens (tertiary/aromatic N) is 1. The summed E-state index contributed by atoms with van der Waals surface area (Å²) in [5, 5.41) is 2.14. The molecule has 3 aromatic rings. The minimum Gasteiger partial charge on any atom is -0.495 e. The molecular formula is C22H19F3N2O4S. The van der Waals surface area contributed by atoms with Crippen LogP contribution in [0.15, 0.2) is 59.5 Å². The maximum atomic E-state index is 13.9.